The Morgan fingerprint density at radius 1 is 1.16 bits per heavy atom. The lowest BCUT2D eigenvalue weighted by atomic mass is 9.97. The van der Waals surface area contributed by atoms with E-state index in [0.717, 1.165) is 38.2 Å². The first-order valence-electron chi connectivity index (χ1n) is 9.25. The van der Waals surface area contributed by atoms with Gasteiger partial charge in [0.1, 0.15) is 5.69 Å². The summed E-state index contributed by atoms with van der Waals surface area (Å²) in [5.41, 5.74) is 1.56. The van der Waals surface area contributed by atoms with E-state index in [1.165, 1.54) is 31.9 Å². The summed E-state index contributed by atoms with van der Waals surface area (Å²) in [6.07, 6.45) is 14.0. The molecule has 2 aliphatic rings. The van der Waals surface area contributed by atoms with Crippen LogP contribution >= 0.6 is 0 Å². The minimum atomic E-state index is -0.0250. The summed E-state index contributed by atoms with van der Waals surface area (Å²) in [6, 6.07) is 0. The standard InChI is InChI=1S/C18H24N6O/c25-18(16-10-19-7-8-20-16)23-9-3-4-14(11-23)12-24-13-17(21-22-24)15-5-1-2-6-15/h7-8,10,13-15H,1-6,9,11-12H2/t14-/m1/s1. The molecule has 0 unspecified atom stereocenters. The fourth-order valence-corrected chi connectivity index (χ4v) is 4.05. The Morgan fingerprint density at radius 2 is 2.04 bits per heavy atom. The molecule has 1 aliphatic carbocycles. The van der Waals surface area contributed by atoms with Crippen LogP contribution in [0.15, 0.2) is 24.8 Å². The highest BCUT2D eigenvalue weighted by Crippen LogP contribution is 2.32. The third-order valence-corrected chi connectivity index (χ3v) is 5.36. The third kappa shape index (κ3) is 3.70. The van der Waals surface area contributed by atoms with Crippen LogP contribution in [-0.4, -0.2) is 48.9 Å². The van der Waals surface area contributed by atoms with E-state index in [1.807, 2.05) is 9.58 Å². The fraction of sp³-hybridized carbons (Fsp3) is 0.611. The van der Waals surface area contributed by atoms with E-state index in [2.05, 4.69) is 26.5 Å². The van der Waals surface area contributed by atoms with Crippen molar-refractivity contribution in [1.82, 2.24) is 29.9 Å². The van der Waals surface area contributed by atoms with Gasteiger partial charge in [0.05, 0.1) is 11.9 Å². The predicted molar refractivity (Wildman–Crippen MR) is 91.9 cm³/mol. The van der Waals surface area contributed by atoms with Crippen molar-refractivity contribution in [1.29, 1.82) is 0 Å². The summed E-state index contributed by atoms with van der Waals surface area (Å²) in [6.45, 7) is 2.36. The van der Waals surface area contributed by atoms with Crippen LogP contribution in [0.5, 0.6) is 0 Å². The zero-order valence-electron chi connectivity index (χ0n) is 14.4. The summed E-state index contributed by atoms with van der Waals surface area (Å²) in [4.78, 5) is 22.6. The van der Waals surface area contributed by atoms with E-state index in [0.29, 0.717) is 17.5 Å². The average Bonchev–Trinajstić information content (AvgIpc) is 3.34. The lowest BCUT2D eigenvalue weighted by molar-refractivity contribution is 0.0653. The molecule has 1 amide bonds. The van der Waals surface area contributed by atoms with Crippen molar-refractivity contribution < 1.29 is 4.79 Å². The van der Waals surface area contributed by atoms with Crippen LogP contribution in [0.1, 0.15) is 60.6 Å². The van der Waals surface area contributed by atoms with E-state index in [-0.39, 0.29) is 5.91 Å². The van der Waals surface area contributed by atoms with Crippen LogP contribution in [-0.2, 0) is 6.54 Å². The highest BCUT2D eigenvalue weighted by atomic mass is 16.2. The van der Waals surface area contributed by atoms with Gasteiger partial charge in [-0.2, -0.15) is 0 Å². The molecular weight excluding hydrogens is 316 g/mol. The maximum absolute atomic E-state index is 12.6. The van der Waals surface area contributed by atoms with Gasteiger partial charge in [-0.05, 0) is 31.6 Å². The molecule has 7 heteroatoms. The van der Waals surface area contributed by atoms with Gasteiger partial charge in [-0.1, -0.05) is 18.1 Å². The molecule has 0 spiro atoms. The Hall–Kier alpha value is -2.31. The van der Waals surface area contributed by atoms with Crippen molar-refractivity contribution in [2.45, 2.75) is 51.0 Å². The molecule has 1 saturated carbocycles. The van der Waals surface area contributed by atoms with Gasteiger partial charge in [-0.3, -0.25) is 14.5 Å². The zero-order valence-corrected chi connectivity index (χ0v) is 14.4. The number of amides is 1. The number of piperidine rings is 1. The van der Waals surface area contributed by atoms with Gasteiger partial charge in [0.2, 0.25) is 0 Å². The number of rotatable bonds is 4. The second-order valence-electron chi connectivity index (χ2n) is 7.20. The third-order valence-electron chi connectivity index (χ3n) is 5.36. The summed E-state index contributed by atoms with van der Waals surface area (Å²) >= 11 is 0. The molecule has 7 nitrogen and oxygen atoms in total. The fourth-order valence-electron chi connectivity index (χ4n) is 4.05. The van der Waals surface area contributed by atoms with Crippen molar-refractivity contribution >= 4 is 5.91 Å². The largest absolute Gasteiger partial charge is 0.337 e. The normalized spacial score (nSPS) is 21.6. The smallest absolute Gasteiger partial charge is 0.274 e. The summed E-state index contributed by atoms with van der Waals surface area (Å²) in [5, 5.41) is 8.70. The van der Waals surface area contributed by atoms with E-state index < -0.39 is 0 Å². The number of likely N-dealkylation sites (tertiary alicyclic amines) is 1. The number of hydrogen-bond acceptors (Lipinski definition) is 5. The van der Waals surface area contributed by atoms with Crippen LogP contribution < -0.4 is 0 Å². The first-order valence-corrected chi connectivity index (χ1v) is 9.25. The maximum atomic E-state index is 12.6. The second kappa shape index (κ2) is 7.29. The minimum absolute atomic E-state index is 0.0250. The Labute approximate surface area is 147 Å². The topological polar surface area (TPSA) is 76.8 Å². The number of nitrogens with zero attached hydrogens (tertiary/aromatic N) is 6. The van der Waals surface area contributed by atoms with Crippen molar-refractivity contribution in [3.8, 4) is 0 Å². The van der Waals surface area contributed by atoms with Crippen molar-refractivity contribution in [2.24, 2.45) is 5.92 Å². The van der Waals surface area contributed by atoms with Crippen LogP contribution in [0, 0.1) is 5.92 Å². The second-order valence-corrected chi connectivity index (χ2v) is 7.20. The molecule has 4 rings (SSSR count). The first kappa shape index (κ1) is 16.2. The Balaban J connectivity index is 1.37. The highest BCUT2D eigenvalue weighted by molar-refractivity contribution is 5.92. The summed E-state index contributed by atoms with van der Waals surface area (Å²) < 4.78 is 1.97. The van der Waals surface area contributed by atoms with Gasteiger partial charge < -0.3 is 4.90 Å². The monoisotopic (exact) mass is 340 g/mol. The molecule has 0 aromatic carbocycles. The molecule has 2 aromatic rings. The molecule has 2 fully saturated rings. The van der Waals surface area contributed by atoms with Crippen molar-refractivity contribution in [2.75, 3.05) is 13.1 Å². The van der Waals surface area contributed by atoms with Crippen molar-refractivity contribution in [3.63, 3.8) is 0 Å². The number of hydrogen-bond donors (Lipinski definition) is 0. The molecule has 0 bridgehead atoms. The average molecular weight is 340 g/mol. The van der Waals surface area contributed by atoms with Crippen molar-refractivity contribution in [3.05, 3.63) is 36.2 Å². The van der Waals surface area contributed by atoms with E-state index in [9.17, 15) is 4.79 Å². The minimum Gasteiger partial charge on any atom is -0.337 e. The number of carbonyl (C=O) groups excluding carboxylic acids is 1. The van der Waals surface area contributed by atoms with Crippen LogP contribution in [0.3, 0.4) is 0 Å². The summed E-state index contributed by atoms with van der Waals surface area (Å²) in [5.74, 6) is 0.977. The summed E-state index contributed by atoms with van der Waals surface area (Å²) in [7, 11) is 0. The van der Waals surface area contributed by atoms with Gasteiger partial charge in [-0.25, -0.2) is 4.98 Å². The van der Waals surface area contributed by atoms with E-state index in [4.69, 9.17) is 0 Å². The molecule has 25 heavy (non-hydrogen) atoms. The maximum Gasteiger partial charge on any atom is 0.274 e. The quantitative estimate of drug-likeness (QED) is 0.853. The Morgan fingerprint density at radius 3 is 2.84 bits per heavy atom. The molecule has 3 heterocycles. The number of carbonyl (C=O) groups is 1. The molecule has 1 aliphatic heterocycles. The van der Waals surface area contributed by atoms with Gasteiger partial charge in [0.25, 0.3) is 5.91 Å². The van der Waals surface area contributed by atoms with Gasteiger partial charge in [-0.15, -0.1) is 5.10 Å². The lowest BCUT2D eigenvalue weighted by Crippen LogP contribution is -2.41. The molecule has 2 aromatic heterocycles. The van der Waals surface area contributed by atoms with Crippen LogP contribution in [0.25, 0.3) is 0 Å². The Kier molecular flexibility index (Phi) is 4.72. The number of aromatic nitrogens is 5. The first-order chi connectivity index (χ1) is 12.3. The van der Waals surface area contributed by atoms with Crippen LogP contribution in [0.4, 0.5) is 0 Å². The molecule has 1 atom stereocenters. The predicted octanol–water partition coefficient (Wildman–Crippen LogP) is 2.28. The zero-order chi connectivity index (χ0) is 17.1. The molecule has 1 saturated heterocycles. The van der Waals surface area contributed by atoms with Crippen LogP contribution in [0.2, 0.25) is 0 Å². The van der Waals surface area contributed by atoms with Gasteiger partial charge >= 0.3 is 0 Å². The lowest BCUT2D eigenvalue weighted by Gasteiger charge is -2.32. The molecule has 0 N–H and O–H groups in total. The molecule has 0 radical (unpaired) electrons. The molecule has 132 valence electrons. The van der Waals surface area contributed by atoms with E-state index >= 15 is 0 Å². The van der Waals surface area contributed by atoms with Gasteiger partial charge in [0, 0.05) is 44.1 Å². The Bertz CT molecular complexity index is 709. The van der Waals surface area contributed by atoms with E-state index in [1.54, 1.807) is 12.4 Å². The van der Waals surface area contributed by atoms with Gasteiger partial charge in [0.15, 0.2) is 0 Å². The molecular formula is C18H24N6O. The highest BCUT2D eigenvalue weighted by Gasteiger charge is 2.26. The SMILES string of the molecule is O=C(c1cnccn1)N1CCC[C@@H](Cn2cc(C3CCCC3)nn2)C1.